The number of hydrogen-bond acceptors (Lipinski definition) is 4. The fraction of sp³-hybridized carbons (Fsp3) is 0.737. The number of ether oxygens (including phenoxy) is 1. The van der Waals surface area contributed by atoms with Gasteiger partial charge in [0.05, 0.1) is 0 Å². The van der Waals surface area contributed by atoms with Gasteiger partial charge in [0.15, 0.2) is 0 Å². The molecule has 7 heteroatoms. The summed E-state index contributed by atoms with van der Waals surface area (Å²) in [7, 11) is 0. The van der Waals surface area contributed by atoms with Crippen molar-refractivity contribution in [2.45, 2.75) is 53.6 Å². The molecule has 0 atom stereocenters. The van der Waals surface area contributed by atoms with E-state index in [-0.39, 0.29) is 24.8 Å². The zero-order valence-corrected chi connectivity index (χ0v) is 16.9. The van der Waals surface area contributed by atoms with Crippen LogP contribution in [0.3, 0.4) is 0 Å². The Labute approximate surface area is 156 Å². The third-order valence-electron chi connectivity index (χ3n) is 4.21. The number of hydrogen-bond donors (Lipinski definition) is 1. The first-order valence-corrected chi connectivity index (χ1v) is 9.21. The molecule has 0 aliphatic carbocycles. The predicted molar refractivity (Wildman–Crippen MR) is 101 cm³/mol. The first-order chi connectivity index (χ1) is 12.0. The molecule has 0 aromatic rings. The van der Waals surface area contributed by atoms with E-state index in [0.29, 0.717) is 32.1 Å². The SMILES string of the molecule is C/C(=C\C(=O)N1CCN(C(=O)CCNC(=O)OC(C)(C)C)CC1)C(C)C. The van der Waals surface area contributed by atoms with E-state index >= 15 is 0 Å². The van der Waals surface area contributed by atoms with Gasteiger partial charge in [-0.3, -0.25) is 9.59 Å². The molecule has 0 unspecified atom stereocenters. The Morgan fingerprint density at radius 2 is 1.62 bits per heavy atom. The number of nitrogens with one attached hydrogen (secondary N) is 1. The third kappa shape index (κ3) is 7.89. The van der Waals surface area contributed by atoms with Crippen LogP contribution < -0.4 is 5.32 Å². The lowest BCUT2D eigenvalue weighted by atomic mass is 10.0. The minimum Gasteiger partial charge on any atom is -0.444 e. The molecular weight excluding hydrogens is 334 g/mol. The van der Waals surface area contributed by atoms with E-state index in [2.05, 4.69) is 19.2 Å². The fourth-order valence-electron chi connectivity index (χ4n) is 2.37. The largest absolute Gasteiger partial charge is 0.444 e. The number of rotatable bonds is 5. The van der Waals surface area contributed by atoms with Crippen molar-refractivity contribution in [1.82, 2.24) is 15.1 Å². The van der Waals surface area contributed by atoms with E-state index in [1.807, 2.05) is 6.92 Å². The number of alkyl carbamates (subject to hydrolysis) is 1. The Balaban J connectivity index is 2.34. The molecule has 1 aliphatic rings. The molecule has 1 saturated heterocycles. The lowest BCUT2D eigenvalue weighted by Gasteiger charge is -2.34. The van der Waals surface area contributed by atoms with Crippen LogP contribution in [0.1, 0.15) is 48.0 Å². The van der Waals surface area contributed by atoms with E-state index in [1.54, 1.807) is 36.6 Å². The highest BCUT2D eigenvalue weighted by Crippen LogP contribution is 2.11. The minimum atomic E-state index is -0.556. The van der Waals surface area contributed by atoms with Gasteiger partial charge in [0, 0.05) is 45.2 Å². The number of allylic oxidation sites excluding steroid dienone is 1. The average Bonchev–Trinajstić information content (AvgIpc) is 2.52. The summed E-state index contributed by atoms with van der Waals surface area (Å²) in [5.74, 6) is 0.330. The number of carbonyl (C=O) groups excluding carboxylic acids is 3. The first kappa shape index (κ1) is 22.0. The molecule has 7 nitrogen and oxygen atoms in total. The van der Waals surface area contributed by atoms with Crippen LogP contribution in [0.25, 0.3) is 0 Å². The second kappa shape index (κ2) is 9.59. The van der Waals surface area contributed by atoms with E-state index < -0.39 is 11.7 Å². The highest BCUT2D eigenvalue weighted by atomic mass is 16.6. The van der Waals surface area contributed by atoms with E-state index in [9.17, 15) is 14.4 Å². The number of nitrogens with zero attached hydrogens (tertiary/aromatic N) is 2. The Morgan fingerprint density at radius 1 is 1.08 bits per heavy atom. The monoisotopic (exact) mass is 367 g/mol. The molecule has 0 bridgehead atoms. The van der Waals surface area contributed by atoms with Gasteiger partial charge in [0.1, 0.15) is 5.60 Å². The number of piperazine rings is 1. The fourth-order valence-corrected chi connectivity index (χ4v) is 2.37. The van der Waals surface area contributed by atoms with Crippen molar-refractivity contribution in [3.63, 3.8) is 0 Å². The van der Waals surface area contributed by atoms with E-state index in [4.69, 9.17) is 4.74 Å². The van der Waals surface area contributed by atoms with Crippen molar-refractivity contribution in [3.05, 3.63) is 11.6 Å². The molecule has 1 heterocycles. The van der Waals surface area contributed by atoms with Crippen LogP contribution >= 0.6 is 0 Å². The van der Waals surface area contributed by atoms with Crippen LogP contribution in [-0.4, -0.2) is 66.0 Å². The van der Waals surface area contributed by atoms with Gasteiger partial charge in [-0.1, -0.05) is 19.4 Å². The van der Waals surface area contributed by atoms with Crippen LogP contribution in [-0.2, 0) is 14.3 Å². The molecule has 0 spiro atoms. The second-order valence-electron chi connectivity index (χ2n) is 7.93. The van der Waals surface area contributed by atoms with E-state index in [1.165, 1.54) is 0 Å². The molecule has 1 fully saturated rings. The summed E-state index contributed by atoms with van der Waals surface area (Å²) in [6, 6.07) is 0. The highest BCUT2D eigenvalue weighted by Gasteiger charge is 2.23. The topological polar surface area (TPSA) is 79.0 Å². The summed E-state index contributed by atoms with van der Waals surface area (Å²) in [4.78, 5) is 39.5. The maximum atomic E-state index is 12.2. The van der Waals surface area contributed by atoms with Crippen LogP contribution in [0.5, 0.6) is 0 Å². The second-order valence-corrected chi connectivity index (χ2v) is 7.93. The summed E-state index contributed by atoms with van der Waals surface area (Å²) in [5, 5.41) is 2.59. The summed E-state index contributed by atoms with van der Waals surface area (Å²) < 4.78 is 5.13. The van der Waals surface area contributed by atoms with Crippen molar-refractivity contribution >= 4 is 17.9 Å². The quantitative estimate of drug-likeness (QED) is 0.756. The van der Waals surface area contributed by atoms with Crippen molar-refractivity contribution < 1.29 is 19.1 Å². The smallest absolute Gasteiger partial charge is 0.407 e. The molecule has 26 heavy (non-hydrogen) atoms. The normalized spacial score (nSPS) is 15.9. The van der Waals surface area contributed by atoms with Crippen LogP contribution in [0, 0.1) is 5.92 Å². The van der Waals surface area contributed by atoms with Gasteiger partial charge in [-0.15, -0.1) is 0 Å². The lowest BCUT2D eigenvalue weighted by molar-refractivity contribution is -0.137. The zero-order chi connectivity index (χ0) is 19.9. The molecule has 1 N–H and O–H groups in total. The van der Waals surface area contributed by atoms with Gasteiger partial charge in [-0.25, -0.2) is 4.79 Å². The zero-order valence-electron chi connectivity index (χ0n) is 16.9. The van der Waals surface area contributed by atoms with Crippen molar-refractivity contribution in [3.8, 4) is 0 Å². The van der Waals surface area contributed by atoms with Crippen LogP contribution in [0.4, 0.5) is 4.79 Å². The number of amides is 3. The van der Waals surface area contributed by atoms with Crippen molar-refractivity contribution in [2.24, 2.45) is 5.92 Å². The highest BCUT2D eigenvalue weighted by molar-refractivity contribution is 5.88. The van der Waals surface area contributed by atoms with Gasteiger partial charge in [0.25, 0.3) is 0 Å². The Kier molecular flexibility index (Phi) is 8.11. The maximum Gasteiger partial charge on any atom is 0.407 e. The van der Waals surface area contributed by atoms with Gasteiger partial charge in [0.2, 0.25) is 11.8 Å². The molecule has 0 radical (unpaired) electrons. The number of carbonyl (C=O) groups is 3. The summed E-state index contributed by atoms with van der Waals surface area (Å²) >= 11 is 0. The van der Waals surface area contributed by atoms with Gasteiger partial charge >= 0.3 is 6.09 Å². The van der Waals surface area contributed by atoms with Gasteiger partial charge < -0.3 is 19.9 Å². The first-order valence-electron chi connectivity index (χ1n) is 9.21. The van der Waals surface area contributed by atoms with Crippen molar-refractivity contribution in [2.75, 3.05) is 32.7 Å². The van der Waals surface area contributed by atoms with Crippen molar-refractivity contribution in [1.29, 1.82) is 0 Å². The molecule has 0 saturated carbocycles. The minimum absolute atomic E-state index is 0.00916. The molecule has 3 amide bonds. The van der Waals surface area contributed by atoms with Crippen LogP contribution in [0.2, 0.25) is 0 Å². The lowest BCUT2D eigenvalue weighted by Crippen LogP contribution is -2.50. The Morgan fingerprint density at radius 3 is 2.12 bits per heavy atom. The Bertz CT molecular complexity index is 541. The van der Waals surface area contributed by atoms with Gasteiger partial charge in [-0.2, -0.15) is 0 Å². The summed E-state index contributed by atoms with van der Waals surface area (Å²) in [6.07, 6.45) is 1.39. The molecular formula is C19H33N3O4. The molecule has 1 rings (SSSR count). The molecule has 0 aromatic carbocycles. The summed E-state index contributed by atoms with van der Waals surface area (Å²) in [5.41, 5.74) is 0.501. The third-order valence-corrected chi connectivity index (χ3v) is 4.21. The summed E-state index contributed by atoms with van der Waals surface area (Å²) in [6.45, 7) is 13.8. The van der Waals surface area contributed by atoms with E-state index in [0.717, 1.165) is 5.57 Å². The maximum absolute atomic E-state index is 12.2. The standard InChI is InChI=1S/C19H33N3O4/c1-14(2)15(3)13-17(24)22-11-9-21(10-12-22)16(23)7-8-20-18(25)26-19(4,5)6/h13-14H,7-12H2,1-6H3,(H,20,25)/b15-13+. The Hall–Kier alpha value is -2.05. The average molecular weight is 367 g/mol. The molecule has 1 aliphatic heterocycles. The molecule has 0 aromatic heterocycles. The van der Waals surface area contributed by atoms with Crippen LogP contribution in [0.15, 0.2) is 11.6 Å². The predicted octanol–water partition coefficient (Wildman–Crippen LogP) is 2.17. The van der Waals surface area contributed by atoms with Gasteiger partial charge in [-0.05, 0) is 33.6 Å². The molecule has 148 valence electrons.